The van der Waals surface area contributed by atoms with Crippen molar-refractivity contribution in [2.45, 2.75) is 97.6 Å². The van der Waals surface area contributed by atoms with Gasteiger partial charge in [-0.15, -0.1) is 0 Å². The topological polar surface area (TPSA) is 115 Å². The van der Waals surface area contributed by atoms with Crippen molar-refractivity contribution in [3.63, 3.8) is 0 Å². The zero-order chi connectivity index (χ0) is 29.2. The maximum atomic E-state index is 12.6. The first-order chi connectivity index (χ1) is 18.3. The number of hydrogen-bond donors (Lipinski definition) is 2. The molecule has 1 aromatic heterocycles. The predicted molar refractivity (Wildman–Crippen MR) is 150 cm³/mol. The van der Waals surface area contributed by atoms with E-state index in [0.717, 1.165) is 11.3 Å². The quantitative estimate of drug-likeness (QED) is 0.266. The molecule has 216 valence electrons. The summed E-state index contributed by atoms with van der Waals surface area (Å²) in [6.07, 6.45) is 6.82. The van der Waals surface area contributed by atoms with Crippen molar-refractivity contribution < 1.29 is 34.0 Å². The SMILES string of the molecule is CC(=O)O[C@H]1/C=C/[C@H](C)[C@@H](/C(C)=C/C=C/C(C)c2cccc(OCC(C)C)n2)OC(=O)C[C@H](O)CC[C@@]1(C)O. The number of hydrogen-bond acceptors (Lipinski definition) is 8. The van der Waals surface area contributed by atoms with Gasteiger partial charge in [0.2, 0.25) is 5.88 Å². The van der Waals surface area contributed by atoms with Crippen LogP contribution < -0.4 is 4.74 Å². The second kappa shape index (κ2) is 15.0. The number of ether oxygens (including phenoxy) is 3. The summed E-state index contributed by atoms with van der Waals surface area (Å²) in [5.74, 6) is -0.297. The summed E-state index contributed by atoms with van der Waals surface area (Å²) in [5.41, 5.74) is 0.272. The van der Waals surface area contributed by atoms with E-state index >= 15 is 0 Å². The molecule has 2 N–H and O–H groups in total. The van der Waals surface area contributed by atoms with Crippen LogP contribution in [-0.4, -0.2) is 57.7 Å². The molecule has 0 saturated heterocycles. The zero-order valence-electron chi connectivity index (χ0n) is 24.3. The van der Waals surface area contributed by atoms with Crippen LogP contribution in [0.25, 0.3) is 0 Å². The van der Waals surface area contributed by atoms with E-state index in [0.29, 0.717) is 18.4 Å². The molecule has 0 aliphatic carbocycles. The van der Waals surface area contributed by atoms with Crippen LogP contribution in [0.5, 0.6) is 5.88 Å². The minimum absolute atomic E-state index is 0.0229. The normalized spacial score (nSPS) is 28.8. The van der Waals surface area contributed by atoms with Crippen LogP contribution in [0.2, 0.25) is 0 Å². The standard InChI is InChI=1S/C31H45NO7/c1-20(2)19-37-28-13-9-12-26(32-28)21(3)10-8-11-22(4)30-23(5)14-15-27(38-24(6)33)31(7,36)17-16-25(34)18-29(35)39-30/h8-15,20-21,23,25,27,30,34,36H,16-19H2,1-7H3/b10-8+,15-14+,22-11+/t21?,23-,25+,27-,30+,31+/m0/s1. The summed E-state index contributed by atoms with van der Waals surface area (Å²) in [6, 6.07) is 5.73. The molecule has 6 atom stereocenters. The number of nitrogens with zero attached hydrogens (tertiary/aromatic N) is 1. The lowest BCUT2D eigenvalue weighted by Crippen LogP contribution is -2.42. The Kier molecular flexibility index (Phi) is 12.4. The Labute approximate surface area is 232 Å². The maximum Gasteiger partial charge on any atom is 0.309 e. The number of carbonyl (C=O) groups is 2. The van der Waals surface area contributed by atoms with Crippen molar-refractivity contribution in [2.24, 2.45) is 11.8 Å². The van der Waals surface area contributed by atoms with Gasteiger partial charge in [-0.05, 0) is 50.3 Å². The fraction of sp³-hybridized carbons (Fsp3) is 0.581. The van der Waals surface area contributed by atoms with Crippen molar-refractivity contribution in [1.82, 2.24) is 4.98 Å². The molecular weight excluding hydrogens is 498 g/mol. The molecule has 1 aliphatic heterocycles. The second-order valence-electron chi connectivity index (χ2n) is 11.1. The van der Waals surface area contributed by atoms with E-state index in [4.69, 9.17) is 14.2 Å². The van der Waals surface area contributed by atoms with Crippen molar-refractivity contribution in [3.05, 3.63) is 59.8 Å². The van der Waals surface area contributed by atoms with Crippen LogP contribution in [-0.2, 0) is 19.1 Å². The summed E-state index contributed by atoms with van der Waals surface area (Å²) in [6.45, 7) is 13.4. The molecule has 0 radical (unpaired) electrons. The third-order valence-corrected chi connectivity index (χ3v) is 6.60. The van der Waals surface area contributed by atoms with Crippen molar-refractivity contribution in [3.8, 4) is 5.88 Å². The number of pyridine rings is 1. The average Bonchev–Trinajstić information content (AvgIpc) is 2.86. The predicted octanol–water partition coefficient (Wildman–Crippen LogP) is 5.05. The lowest BCUT2D eigenvalue weighted by atomic mass is 9.88. The highest BCUT2D eigenvalue weighted by molar-refractivity contribution is 5.70. The highest BCUT2D eigenvalue weighted by Crippen LogP contribution is 2.27. The van der Waals surface area contributed by atoms with Crippen LogP contribution >= 0.6 is 0 Å². The van der Waals surface area contributed by atoms with Gasteiger partial charge in [-0.3, -0.25) is 9.59 Å². The molecule has 2 heterocycles. The zero-order valence-corrected chi connectivity index (χ0v) is 24.3. The lowest BCUT2D eigenvalue weighted by molar-refractivity contribution is -0.157. The molecule has 0 aromatic carbocycles. The third kappa shape index (κ3) is 11.0. The second-order valence-corrected chi connectivity index (χ2v) is 11.1. The molecule has 1 aromatic rings. The van der Waals surface area contributed by atoms with Gasteiger partial charge in [0.15, 0.2) is 0 Å². The molecule has 8 heteroatoms. The Hall–Kier alpha value is -2.97. The van der Waals surface area contributed by atoms with Gasteiger partial charge in [0.05, 0.1) is 24.8 Å². The molecule has 0 spiro atoms. The number of allylic oxidation sites excluding steroid dienone is 3. The van der Waals surface area contributed by atoms with E-state index in [9.17, 15) is 19.8 Å². The molecule has 0 bridgehead atoms. The van der Waals surface area contributed by atoms with Gasteiger partial charge in [-0.25, -0.2) is 4.98 Å². The molecule has 1 aliphatic rings. The van der Waals surface area contributed by atoms with Gasteiger partial charge < -0.3 is 24.4 Å². The summed E-state index contributed by atoms with van der Waals surface area (Å²) in [7, 11) is 0. The lowest BCUT2D eigenvalue weighted by Gasteiger charge is -2.32. The maximum absolute atomic E-state index is 12.6. The first-order valence-corrected chi connectivity index (χ1v) is 13.7. The average molecular weight is 544 g/mol. The summed E-state index contributed by atoms with van der Waals surface area (Å²) >= 11 is 0. The smallest absolute Gasteiger partial charge is 0.309 e. The largest absolute Gasteiger partial charge is 0.477 e. The number of rotatable bonds is 8. The number of aliphatic hydroxyl groups is 2. The summed E-state index contributed by atoms with van der Waals surface area (Å²) < 4.78 is 16.9. The van der Waals surface area contributed by atoms with Gasteiger partial charge in [-0.2, -0.15) is 0 Å². The van der Waals surface area contributed by atoms with Crippen molar-refractivity contribution in [1.29, 1.82) is 0 Å². The molecule has 0 amide bonds. The Morgan fingerprint density at radius 3 is 2.64 bits per heavy atom. The van der Waals surface area contributed by atoms with Gasteiger partial charge in [0.1, 0.15) is 17.8 Å². The minimum atomic E-state index is -1.41. The van der Waals surface area contributed by atoms with E-state index in [1.807, 2.05) is 57.2 Å². The van der Waals surface area contributed by atoms with E-state index in [1.54, 1.807) is 19.1 Å². The number of aromatic nitrogens is 1. The number of carbonyl (C=O) groups excluding carboxylic acids is 2. The van der Waals surface area contributed by atoms with Crippen LogP contribution in [0.4, 0.5) is 0 Å². The number of cyclic esters (lactones) is 1. The third-order valence-electron chi connectivity index (χ3n) is 6.60. The van der Waals surface area contributed by atoms with E-state index in [1.165, 1.54) is 6.92 Å². The van der Waals surface area contributed by atoms with Crippen LogP contribution in [0.15, 0.2) is 54.2 Å². The Bertz CT molecular complexity index is 1040. The number of esters is 2. The highest BCUT2D eigenvalue weighted by atomic mass is 16.6. The monoisotopic (exact) mass is 543 g/mol. The molecule has 0 fully saturated rings. The van der Waals surface area contributed by atoms with E-state index < -0.39 is 35.9 Å². The van der Waals surface area contributed by atoms with Gasteiger partial charge in [0, 0.05) is 24.8 Å². The first-order valence-electron chi connectivity index (χ1n) is 13.7. The van der Waals surface area contributed by atoms with Crippen molar-refractivity contribution >= 4 is 11.9 Å². The van der Waals surface area contributed by atoms with E-state index in [-0.39, 0.29) is 31.1 Å². The van der Waals surface area contributed by atoms with Crippen molar-refractivity contribution in [2.75, 3.05) is 6.61 Å². The summed E-state index contributed by atoms with van der Waals surface area (Å²) in [5, 5.41) is 21.3. The fourth-order valence-electron chi connectivity index (χ4n) is 4.21. The van der Waals surface area contributed by atoms with Crippen LogP contribution in [0.3, 0.4) is 0 Å². The van der Waals surface area contributed by atoms with Crippen LogP contribution in [0.1, 0.15) is 79.3 Å². The van der Waals surface area contributed by atoms with Gasteiger partial charge in [-0.1, -0.05) is 58.1 Å². The summed E-state index contributed by atoms with van der Waals surface area (Å²) in [4.78, 5) is 28.9. The first kappa shape index (κ1) is 32.2. The Morgan fingerprint density at radius 1 is 1.26 bits per heavy atom. The van der Waals surface area contributed by atoms with Gasteiger partial charge in [0.25, 0.3) is 0 Å². The van der Waals surface area contributed by atoms with E-state index in [2.05, 4.69) is 18.8 Å². The van der Waals surface area contributed by atoms with Gasteiger partial charge >= 0.3 is 11.9 Å². The highest BCUT2D eigenvalue weighted by Gasteiger charge is 2.35. The Balaban J connectivity index is 2.25. The molecule has 39 heavy (non-hydrogen) atoms. The molecule has 2 rings (SSSR count). The fourth-order valence-corrected chi connectivity index (χ4v) is 4.21. The molecule has 1 unspecified atom stereocenters. The molecule has 8 nitrogen and oxygen atoms in total. The number of aliphatic hydroxyl groups excluding tert-OH is 1. The molecule has 0 saturated carbocycles. The Morgan fingerprint density at radius 2 is 1.97 bits per heavy atom. The molecular formula is C31H45NO7. The minimum Gasteiger partial charge on any atom is -0.477 e. The van der Waals surface area contributed by atoms with Crippen LogP contribution in [0, 0.1) is 11.8 Å².